The molecule has 178 valence electrons. The molecule has 4 aromatic rings. The molecule has 0 atom stereocenters. The van der Waals surface area contributed by atoms with Crippen LogP contribution in [0.1, 0.15) is 44.3 Å². The summed E-state index contributed by atoms with van der Waals surface area (Å²) in [5.41, 5.74) is 7.99. The number of fused-ring (bicyclic) bond motifs is 2. The molecule has 1 fully saturated rings. The van der Waals surface area contributed by atoms with Crippen molar-refractivity contribution in [2.45, 2.75) is 58.4 Å². The second kappa shape index (κ2) is 9.32. The minimum Gasteiger partial charge on any atom is -0.346 e. The lowest BCUT2D eigenvalue weighted by molar-refractivity contribution is -0.121. The van der Waals surface area contributed by atoms with Crippen LogP contribution < -0.4 is 10.9 Å². The molecule has 0 spiro atoms. The van der Waals surface area contributed by atoms with Crippen LogP contribution in [-0.2, 0) is 11.3 Å². The molecule has 1 aliphatic carbocycles. The number of imidazole rings is 1. The van der Waals surface area contributed by atoms with Gasteiger partial charge in [-0.05, 0) is 43.9 Å². The molecule has 34 heavy (non-hydrogen) atoms. The highest BCUT2D eigenvalue weighted by atomic mass is 19.3. The molecule has 3 N–H and O–H groups in total. The van der Waals surface area contributed by atoms with Crippen LogP contribution in [0.25, 0.3) is 33.6 Å². The molecule has 1 amide bonds. The fourth-order valence-corrected chi connectivity index (χ4v) is 4.63. The van der Waals surface area contributed by atoms with Crippen molar-refractivity contribution in [3.05, 3.63) is 30.2 Å². The topological polar surface area (TPSA) is 113 Å². The first-order valence-corrected chi connectivity index (χ1v) is 11.5. The summed E-state index contributed by atoms with van der Waals surface area (Å²) >= 11 is 0. The number of aromatic nitrogens is 6. The molecular formula is C23H26F2N8O. The minimum atomic E-state index is -2.52. The highest BCUT2D eigenvalue weighted by Crippen LogP contribution is 2.28. The number of pyridine rings is 1. The molecule has 11 heteroatoms. The number of hydrazine groups is 1. The number of aromatic amines is 1. The zero-order valence-corrected chi connectivity index (χ0v) is 18.8. The van der Waals surface area contributed by atoms with E-state index in [0.29, 0.717) is 46.4 Å². The van der Waals surface area contributed by atoms with Crippen molar-refractivity contribution in [3.63, 3.8) is 0 Å². The van der Waals surface area contributed by atoms with Gasteiger partial charge in [-0.15, -0.1) is 0 Å². The second-order valence-electron chi connectivity index (χ2n) is 8.72. The summed E-state index contributed by atoms with van der Waals surface area (Å²) in [6, 6.07) is 5.32. The first-order chi connectivity index (χ1) is 16.5. The molecule has 4 aromatic heterocycles. The van der Waals surface area contributed by atoms with Crippen molar-refractivity contribution >= 4 is 34.1 Å². The second-order valence-corrected chi connectivity index (χ2v) is 8.72. The quantitative estimate of drug-likeness (QED) is 0.348. The van der Waals surface area contributed by atoms with Crippen LogP contribution in [0.2, 0.25) is 0 Å². The SMILES string of the molecule is Cc1nc2ccc(-c3nc(NNC(=O)CC4CCCCC4)nc4[nH]ccc34)nc2n1CC(F)F. The number of amides is 1. The number of hydrogen-bond donors (Lipinski definition) is 3. The summed E-state index contributed by atoms with van der Waals surface area (Å²) in [5, 5.41) is 0.725. The minimum absolute atomic E-state index is 0.102. The third-order valence-corrected chi connectivity index (χ3v) is 6.27. The molecule has 0 aromatic carbocycles. The number of hydrogen-bond acceptors (Lipinski definition) is 6. The Morgan fingerprint density at radius 1 is 1.15 bits per heavy atom. The summed E-state index contributed by atoms with van der Waals surface area (Å²) < 4.78 is 27.6. The van der Waals surface area contributed by atoms with Gasteiger partial charge in [0.05, 0.1) is 12.2 Å². The molecule has 5 rings (SSSR count). The number of carbonyl (C=O) groups is 1. The normalized spacial score (nSPS) is 14.8. The zero-order valence-electron chi connectivity index (χ0n) is 18.8. The van der Waals surface area contributed by atoms with Gasteiger partial charge in [0.1, 0.15) is 22.7 Å². The van der Waals surface area contributed by atoms with E-state index in [9.17, 15) is 13.6 Å². The maximum Gasteiger partial charge on any atom is 0.256 e. The Hall–Kier alpha value is -3.63. The Morgan fingerprint density at radius 3 is 2.76 bits per heavy atom. The van der Waals surface area contributed by atoms with E-state index in [1.165, 1.54) is 23.8 Å². The van der Waals surface area contributed by atoms with E-state index in [-0.39, 0.29) is 11.9 Å². The molecule has 0 bridgehead atoms. The van der Waals surface area contributed by atoms with E-state index in [0.717, 1.165) is 18.2 Å². The molecule has 0 aliphatic heterocycles. The number of halogens is 2. The predicted molar refractivity (Wildman–Crippen MR) is 124 cm³/mol. The van der Waals surface area contributed by atoms with E-state index in [1.807, 2.05) is 6.07 Å². The average Bonchev–Trinajstić information content (AvgIpc) is 3.41. The first kappa shape index (κ1) is 22.2. The van der Waals surface area contributed by atoms with Crippen molar-refractivity contribution in [1.82, 2.24) is 34.9 Å². The van der Waals surface area contributed by atoms with Crippen LogP contribution in [0, 0.1) is 12.8 Å². The number of alkyl halides is 2. The number of anilines is 1. The lowest BCUT2D eigenvalue weighted by Crippen LogP contribution is -2.32. The van der Waals surface area contributed by atoms with Gasteiger partial charge in [0.2, 0.25) is 11.9 Å². The van der Waals surface area contributed by atoms with Crippen LogP contribution in [0.15, 0.2) is 24.4 Å². The van der Waals surface area contributed by atoms with Crippen LogP contribution in [0.3, 0.4) is 0 Å². The lowest BCUT2D eigenvalue weighted by atomic mass is 9.87. The van der Waals surface area contributed by atoms with Crippen LogP contribution in [0.5, 0.6) is 0 Å². The van der Waals surface area contributed by atoms with E-state index >= 15 is 0 Å². The van der Waals surface area contributed by atoms with Crippen molar-refractivity contribution < 1.29 is 13.6 Å². The van der Waals surface area contributed by atoms with Crippen LogP contribution >= 0.6 is 0 Å². The molecule has 4 heterocycles. The standard InChI is InChI=1S/C23H26F2N8O/c1-13-27-17-8-7-16(28-22(17)33(13)12-18(24)25)20-15-9-10-26-21(15)30-23(29-20)32-31-19(34)11-14-5-3-2-4-6-14/h7-10,14,18H,2-6,11-12H2,1H3,(H,31,34)(H2,26,29,30,32). The Bertz CT molecular complexity index is 1330. The Balaban J connectivity index is 1.42. The summed E-state index contributed by atoms with van der Waals surface area (Å²) in [6.07, 6.45) is 5.43. The largest absolute Gasteiger partial charge is 0.346 e. The molecule has 0 radical (unpaired) electrons. The summed E-state index contributed by atoms with van der Waals surface area (Å²) in [6.45, 7) is 1.19. The van der Waals surface area contributed by atoms with Gasteiger partial charge in [0, 0.05) is 18.0 Å². The molecule has 1 saturated carbocycles. The van der Waals surface area contributed by atoms with Gasteiger partial charge in [-0.25, -0.2) is 23.7 Å². The van der Waals surface area contributed by atoms with Gasteiger partial charge in [0.25, 0.3) is 6.43 Å². The van der Waals surface area contributed by atoms with Crippen LogP contribution in [-0.4, -0.2) is 41.8 Å². The molecule has 1 aliphatic rings. The van der Waals surface area contributed by atoms with Gasteiger partial charge >= 0.3 is 0 Å². The Labute approximate surface area is 194 Å². The molecule has 0 saturated heterocycles. The number of aryl methyl sites for hydroxylation is 1. The van der Waals surface area contributed by atoms with Crippen molar-refractivity contribution in [3.8, 4) is 11.4 Å². The van der Waals surface area contributed by atoms with Crippen molar-refractivity contribution in [2.75, 3.05) is 5.43 Å². The smallest absolute Gasteiger partial charge is 0.256 e. The van der Waals surface area contributed by atoms with E-state index < -0.39 is 13.0 Å². The number of nitrogens with one attached hydrogen (secondary N) is 3. The zero-order chi connectivity index (χ0) is 23.7. The maximum atomic E-state index is 13.1. The highest BCUT2D eigenvalue weighted by Gasteiger charge is 2.19. The van der Waals surface area contributed by atoms with Gasteiger partial charge < -0.3 is 9.55 Å². The monoisotopic (exact) mass is 468 g/mol. The van der Waals surface area contributed by atoms with E-state index in [2.05, 4.69) is 35.8 Å². The number of rotatable bonds is 7. The predicted octanol–water partition coefficient (Wildman–Crippen LogP) is 4.36. The number of nitrogens with zero attached hydrogens (tertiary/aromatic N) is 5. The number of carbonyl (C=O) groups excluding carboxylic acids is 1. The van der Waals surface area contributed by atoms with Crippen LogP contribution in [0.4, 0.5) is 14.7 Å². The number of H-pyrrole nitrogens is 1. The first-order valence-electron chi connectivity index (χ1n) is 11.5. The third kappa shape index (κ3) is 4.55. The highest BCUT2D eigenvalue weighted by molar-refractivity contribution is 5.92. The molecular weight excluding hydrogens is 442 g/mol. The van der Waals surface area contributed by atoms with Crippen molar-refractivity contribution in [1.29, 1.82) is 0 Å². The summed E-state index contributed by atoms with van der Waals surface area (Å²) in [4.78, 5) is 33.4. The Kier molecular flexibility index (Phi) is 6.08. The fourth-order valence-electron chi connectivity index (χ4n) is 4.63. The van der Waals surface area contributed by atoms with Gasteiger partial charge in [-0.2, -0.15) is 4.98 Å². The van der Waals surface area contributed by atoms with Gasteiger partial charge in [-0.1, -0.05) is 19.3 Å². The van der Waals surface area contributed by atoms with Gasteiger partial charge in [-0.3, -0.25) is 15.6 Å². The van der Waals surface area contributed by atoms with Crippen molar-refractivity contribution in [2.24, 2.45) is 5.92 Å². The van der Waals surface area contributed by atoms with E-state index in [4.69, 9.17) is 0 Å². The molecule has 0 unspecified atom stereocenters. The molecule has 9 nitrogen and oxygen atoms in total. The lowest BCUT2D eigenvalue weighted by Gasteiger charge is -2.20. The summed E-state index contributed by atoms with van der Waals surface area (Å²) in [7, 11) is 0. The maximum absolute atomic E-state index is 13.1. The third-order valence-electron chi connectivity index (χ3n) is 6.27. The Morgan fingerprint density at radius 2 is 1.97 bits per heavy atom. The van der Waals surface area contributed by atoms with E-state index in [1.54, 1.807) is 25.3 Å². The van der Waals surface area contributed by atoms with Gasteiger partial charge in [0.15, 0.2) is 5.65 Å². The summed E-state index contributed by atoms with van der Waals surface area (Å²) in [5.74, 6) is 0.989. The fraction of sp³-hybridized carbons (Fsp3) is 0.435. The average molecular weight is 469 g/mol.